The second kappa shape index (κ2) is 8.19. The SMILES string of the molecule is Cc1ccc(-n2ncc(C(=O)Nc3nc(-c4ccc(F)cc4)c(C)s3)c2C(F)(F)F)cc1. The highest BCUT2D eigenvalue weighted by atomic mass is 32.1. The number of rotatable bonds is 4. The Kier molecular flexibility index (Phi) is 5.55. The van der Waals surface area contributed by atoms with Crippen LogP contribution in [0.3, 0.4) is 0 Å². The number of halogens is 4. The van der Waals surface area contributed by atoms with Gasteiger partial charge in [0.05, 0.1) is 23.1 Å². The molecule has 1 amide bonds. The number of alkyl halides is 3. The maximum atomic E-state index is 13.8. The van der Waals surface area contributed by atoms with Gasteiger partial charge in [-0.25, -0.2) is 14.1 Å². The highest BCUT2D eigenvalue weighted by Crippen LogP contribution is 2.35. The number of carbonyl (C=O) groups is 1. The van der Waals surface area contributed by atoms with E-state index in [-0.39, 0.29) is 10.8 Å². The maximum Gasteiger partial charge on any atom is 0.434 e. The molecular weight excluding hydrogens is 444 g/mol. The molecule has 1 N–H and O–H groups in total. The summed E-state index contributed by atoms with van der Waals surface area (Å²) in [7, 11) is 0. The Labute approximate surface area is 184 Å². The van der Waals surface area contributed by atoms with E-state index in [0.717, 1.165) is 28.0 Å². The Hall–Kier alpha value is -3.53. The third-order valence-corrected chi connectivity index (χ3v) is 5.58. The van der Waals surface area contributed by atoms with E-state index in [0.29, 0.717) is 15.9 Å². The highest BCUT2D eigenvalue weighted by Gasteiger charge is 2.40. The van der Waals surface area contributed by atoms with Gasteiger partial charge in [-0.15, -0.1) is 11.3 Å². The summed E-state index contributed by atoms with van der Waals surface area (Å²) in [5, 5.41) is 6.36. The van der Waals surface area contributed by atoms with Crippen LogP contribution in [0.1, 0.15) is 26.5 Å². The van der Waals surface area contributed by atoms with Crippen LogP contribution in [-0.2, 0) is 6.18 Å². The molecule has 0 aliphatic rings. The normalized spacial score (nSPS) is 11.6. The lowest BCUT2D eigenvalue weighted by molar-refractivity contribution is -0.143. The smallest absolute Gasteiger partial charge is 0.298 e. The van der Waals surface area contributed by atoms with Crippen molar-refractivity contribution in [2.45, 2.75) is 20.0 Å². The lowest BCUT2D eigenvalue weighted by Gasteiger charge is -2.12. The van der Waals surface area contributed by atoms with E-state index < -0.39 is 29.2 Å². The maximum absolute atomic E-state index is 13.8. The predicted octanol–water partition coefficient (Wildman–Crippen LogP) is 6.02. The molecule has 2 heterocycles. The van der Waals surface area contributed by atoms with Crippen molar-refractivity contribution in [3.8, 4) is 16.9 Å². The molecule has 0 radical (unpaired) electrons. The number of thiazole rings is 1. The van der Waals surface area contributed by atoms with E-state index in [4.69, 9.17) is 0 Å². The number of benzene rings is 2. The fourth-order valence-corrected chi connectivity index (χ4v) is 3.99. The van der Waals surface area contributed by atoms with Crippen molar-refractivity contribution in [2.24, 2.45) is 0 Å². The molecule has 164 valence electrons. The Morgan fingerprint density at radius 1 is 1.03 bits per heavy atom. The summed E-state index contributed by atoms with van der Waals surface area (Å²) < 4.78 is 55.4. The number of anilines is 1. The van der Waals surface area contributed by atoms with Crippen LogP contribution < -0.4 is 5.32 Å². The standard InChI is InChI=1S/C22H16F4N4OS/c1-12-3-9-16(10-4-12)30-19(22(24,25)26)17(11-27-30)20(31)29-21-28-18(13(2)32-21)14-5-7-15(23)8-6-14/h3-11H,1-2H3,(H,28,29,31). The molecule has 0 spiro atoms. The second-order valence-corrected chi connectivity index (χ2v) is 8.24. The van der Waals surface area contributed by atoms with Gasteiger partial charge in [0.1, 0.15) is 5.82 Å². The molecule has 0 atom stereocenters. The first-order chi connectivity index (χ1) is 15.1. The van der Waals surface area contributed by atoms with Crippen LogP contribution in [0.5, 0.6) is 0 Å². The number of hydrogen-bond acceptors (Lipinski definition) is 4. The molecule has 10 heteroatoms. The summed E-state index contributed by atoms with van der Waals surface area (Å²) in [6.45, 7) is 3.56. The molecule has 4 rings (SSSR count). The summed E-state index contributed by atoms with van der Waals surface area (Å²) in [5.41, 5.74) is 0.412. The molecule has 0 bridgehead atoms. The van der Waals surface area contributed by atoms with Crippen LogP contribution in [0.15, 0.2) is 54.7 Å². The largest absolute Gasteiger partial charge is 0.434 e. The summed E-state index contributed by atoms with van der Waals surface area (Å²) in [4.78, 5) is 17.8. The van der Waals surface area contributed by atoms with Gasteiger partial charge >= 0.3 is 6.18 Å². The van der Waals surface area contributed by atoms with Gasteiger partial charge in [0, 0.05) is 10.4 Å². The van der Waals surface area contributed by atoms with Crippen molar-refractivity contribution in [1.82, 2.24) is 14.8 Å². The van der Waals surface area contributed by atoms with E-state index in [1.165, 1.54) is 36.4 Å². The molecule has 2 aromatic carbocycles. The van der Waals surface area contributed by atoms with Crippen molar-refractivity contribution in [3.05, 3.63) is 82.2 Å². The predicted molar refractivity (Wildman–Crippen MR) is 114 cm³/mol. The molecule has 0 saturated carbocycles. The second-order valence-electron chi connectivity index (χ2n) is 7.04. The van der Waals surface area contributed by atoms with E-state index in [1.807, 2.05) is 6.92 Å². The number of carbonyl (C=O) groups excluding carboxylic acids is 1. The zero-order valence-corrected chi connectivity index (χ0v) is 17.7. The third-order valence-electron chi connectivity index (χ3n) is 4.70. The summed E-state index contributed by atoms with van der Waals surface area (Å²) in [5.74, 6) is -1.38. The Morgan fingerprint density at radius 2 is 1.69 bits per heavy atom. The molecule has 0 aliphatic heterocycles. The van der Waals surface area contributed by atoms with Gasteiger partial charge in [-0.05, 0) is 50.2 Å². The minimum atomic E-state index is -4.81. The van der Waals surface area contributed by atoms with Crippen molar-refractivity contribution in [3.63, 3.8) is 0 Å². The zero-order valence-electron chi connectivity index (χ0n) is 16.9. The molecule has 0 unspecified atom stereocenters. The average molecular weight is 460 g/mol. The van der Waals surface area contributed by atoms with Crippen LogP contribution in [0.4, 0.5) is 22.7 Å². The number of amides is 1. The summed E-state index contributed by atoms with van der Waals surface area (Å²) >= 11 is 1.11. The molecule has 0 saturated heterocycles. The van der Waals surface area contributed by atoms with Gasteiger partial charge in [-0.3, -0.25) is 10.1 Å². The van der Waals surface area contributed by atoms with Crippen molar-refractivity contribution >= 4 is 22.4 Å². The van der Waals surface area contributed by atoms with Crippen molar-refractivity contribution < 1.29 is 22.4 Å². The third kappa shape index (κ3) is 4.26. The average Bonchev–Trinajstić information content (AvgIpc) is 3.33. The molecular formula is C22H16F4N4OS. The van der Waals surface area contributed by atoms with Crippen LogP contribution in [0.2, 0.25) is 0 Å². The van der Waals surface area contributed by atoms with E-state index in [9.17, 15) is 22.4 Å². The number of nitrogens with zero attached hydrogens (tertiary/aromatic N) is 3. The quantitative estimate of drug-likeness (QED) is 0.379. The number of hydrogen-bond donors (Lipinski definition) is 1. The summed E-state index contributed by atoms with van der Waals surface area (Å²) in [6.07, 6.45) is -3.93. The first-order valence-electron chi connectivity index (χ1n) is 9.40. The Balaban J connectivity index is 1.66. The molecule has 0 aliphatic carbocycles. The Bertz CT molecular complexity index is 1280. The van der Waals surface area contributed by atoms with Crippen LogP contribution in [0, 0.1) is 19.7 Å². The number of nitrogens with one attached hydrogen (secondary N) is 1. The molecule has 5 nitrogen and oxygen atoms in total. The molecule has 2 aromatic heterocycles. The minimum absolute atomic E-state index is 0.128. The van der Waals surface area contributed by atoms with E-state index in [2.05, 4.69) is 15.4 Å². The lowest BCUT2D eigenvalue weighted by Crippen LogP contribution is -2.20. The molecule has 4 aromatic rings. The Morgan fingerprint density at radius 3 is 2.31 bits per heavy atom. The highest BCUT2D eigenvalue weighted by molar-refractivity contribution is 7.16. The van der Waals surface area contributed by atoms with Gasteiger partial charge in [-0.2, -0.15) is 18.3 Å². The zero-order chi connectivity index (χ0) is 23.0. The monoisotopic (exact) mass is 460 g/mol. The molecule has 0 fully saturated rings. The first kappa shape index (κ1) is 21.7. The molecule has 32 heavy (non-hydrogen) atoms. The van der Waals surface area contributed by atoms with Crippen LogP contribution in [0.25, 0.3) is 16.9 Å². The van der Waals surface area contributed by atoms with Gasteiger partial charge in [-0.1, -0.05) is 17.7 Å². The van der Waals surface area contributed by atoms with E-state index in [1.54, 1.807) is 19.1 Å². The van der Waals surface area contributed by atoms with Crippen LogP contribution in [-0.4, -0.2) is 20.7 Å². The topological polar surface area (TPSA) is 59.8 Å². The van der Waals surface area contributed by atoms with Crippen LogP contribution >= 0.6 is 11.3 Å². The van der Waals surface area contributed by atoms with Gasteiger partial charge in [0.15, 0.2) is 10.8 Å². The van der Waals surface area contributed by atoms with Gasteiger partial charge in [0.25, 0.3) is 5.91 Å². The van der Waals surface area contributed by atoms with Gasteiger partial charge in [0.2, 0.25) is 0 Å². The summed E-state index contributed by atoms with van der Waals surface area (Å²) in [6, 6.07) is 11.9. The van der Waals surface area contributed by atoms with Crippen molar-refractivity contribution in [2.75, 3.05) is 5.32 Å². The number of aryl methyl sites for hydroxylation is 2. The fraction of sp³-hybridized carbons (Fsp3) is 0.136. The van der Waals surface area contributed by atoms with E-state index >= 15 is 0 Å². The number of aromatic nitrogens is 3. The first-order valence-corrected chi connectivity index (χ1v) is 10.2. The fourth-order valence-electron chi connectivity index (χ4n) is 3.16. The minimum Gasteiger partial charge on any atom is -0.298 e. The lowest BCUT2D eigenvalue weighted by atomic mass is 10.1. The van der Waals surface area contributed by atoms with Crippen molar-refractivity contribution in [1.29, 1.82) is 0 Å². The van der Waals surface area contributed by atoms with Gasteiger partial charge < -0.3 is 0 Å².